The van der Waals surface area contributed by atoms with Crippen molar-refractivity contribution in [1.82, 2.24) is 0 Å². The lowest BCUT2D eigenvalue weighted by Crippen LogP contribution is -2.40. The first-order valence-corrected chi connectivity index (χ1v) is 8.28. The maximum absolute atomic E-state index is 13.1. The highest BCUT2D eigenvalue weighted by Crippen LogP contribution is 2.43. The molecule has 0 fully saturated rings. The molecular weight excluding hydrogens is 441 g/mol. The predicted molar refractivity (Wildman–Crippen MR) is 91.8 cm³/mol. The van der Waals surface area contributed by atoms with Gasteiger partial charge in [-0.1, -0.05) is 23.7 Å². The van der Waals surface area contributed by atoms with E-state index in [0.717, 1.165) is 6.08 Å². The number of carboxylic acid groups (broad SMARTS) is 1. The molecular formula is C17H9BrClF3O4. The SMILES string of the molecule is O=C(O)C1=Cc2cc(Cl)c(Oc3ccccc3Br)cc2OC1C(F)(F)F. The minimum absolute atomic E-state index is 0.0745. The van der Waals surface area contributed by atoms with Gasteiger partial charge in [-0.25, -0.2) is 4.79 Å². The van der Waals surface area contributed by atoms with Crippen LogP contribution in [0.25, 0.3) is 6.08 Å². The van der Waals surface area contributed by atoms with Crippen molar-refractivity contribution in [3.8, 4) is 17.2 Å². The Hall–Kier alpha value is -2.19. The number of hydrogen-bond donors (Lipinski definition) is 1. The van der Waals surface area contributed by atoms with Crippen LogP contribution in [0.2, 0.25) is 5.02 Å². The first kappa shape index (κ1) is 18.6. The quantitative estimate of drug-likeness (QED) is 0.654. The van der Waals surface area contributed by atoms with Crippen molar-refractivity contribution < 1.29 is 32.5 Å². The number of fused-ring (bicyclic) bond motifs is 1. The normalized spacial score (nSPS) is 16.3. The van der Waals surface area contributed by atoms with Crippen LogP contribution in [0.1, 0.15) is 5.56 Å². The van der Waals surface area contributed by atoms with Gasteiger partial charge in [0, 0.05) is 11.6 Å². The standard InChI is InChI=1S/C17H9BrClF3O4/c18-10-3-1-2-4-12(10)25-14-7-13-8(6-11(14)19)5-9(16(23)24)15(26-13)17(20,21)22/h1-7,15H,(H,23,24). The molecule has 2 aromatic carbocycles. The fourth-order valence-corrected chi connectivity index (χ4v) is 2.92. The van der Waals surface area contributed by atoms with Crippen molar-refractivity contribution in [2.24, 2.45) is 0 Å². The van der Waals surface area contributed by atoms with Crippen LogP contribution in [0.15, 0.2) is 46.4 Å². The van der Waals surface area contributed by atoms with E-state index in [4.69, 9.17) is 26.2 Å². The summed E-state index contributed by atoms with van der Waals surface area (Å²) in [7, 11) is 0. The average molecular weight is 450 g/mol. The van der Waals surface area contributed by atoms with Crippen molar-refractivity contribution in [1.29, 1.82) is 0 Å². The third-order valence-electron chi connectivity index (χ3n) is 3.50. The molecule has 3 rings (SSSR count). The number of carbonyl (C=O) groups is 1. The first-order valence-electron chi connectivity index (χ1n) is 7.11. The summed E-state index contributed by atoms with van der Waals surface area (Å²) in [6.07, 6.45) is -6.57. The van der Waals surface area contributed by atoms with Crippen molar-refractivity contribution in [2.75, 3.05) is 0 Å². The molecule has 0 amide bonds. The third-order valence-corrected chi connectivity index (χ3v) is 4.45. The highest BCUT2D eigenvalue weighted by atomic mass is 79.9. The zero-order valence-electron chi connectivity index (χ0n) is 12.7. The molecule has 0 spiro atoms. The second kappa shape index (κ2) is 6.85. The lowest BCUT2D eigenvalue weighted by molar-refractivity contribution is -0.187. The molecule has 0 bridgehead atoms. The third kappa shape index (κ3) is 3.66. The Balaban J connectivity index is 2.03. The van der Waals surface area contributed by atoms with Crippen LogP contribution >= 0.6 is 27.5 Å². The molecule has 1 unspecified atom stereocenters. The highest BCUT2D eigenvalue weighted by Gasteiger charge is 2.48. The number of alkyl halides is 3. The van der Waals surface area contributed by atoms with Crippen molar-refractivity contribution in [3.05, 3.63) is 57.0 Å². The van der Waals surface area contributed by atoms with Gasteiger partial charge < -0.3 is 14.6 Å². The molecule has 4 nitrogen and oxygen atoms in total. The van der Waals surface area contributed by atoms with E-state index in [1.807, 2.05) is 0 Å². The summed E-state index contributed by atoms with van der Waals surface area (Å²) in [5, 5.41) is 9.13. The second-order valence-electron chi connectivity index (χ2n) is 5.30. The van der Waals surface area contributed by atoms with Gasteiger partial charge in [-0.15, -0.1) is 0 Å². The summed E-state index contributed by atoms with van der Waals surface area (Å²) >= 11 is 9.41. The fourth-order valence-electron chi connectivity index (χ4n) is 2.34. The molecule has 1 aliphatic heterocycles. The van der Waals surface area contributed by atoms with E-state index in [1.54, 1.807) is 24.3 Å². The van der Waals surface area contributed by atoms with Gasteiger partial charge in [-0.05, 0) is 40.2 Å². The van der Waals surface area contributed by atoms with Crippen molar-refractivity contribution >= 4 is 39.6 Å². The van der Waals surface area contributed by atoms with Gasteiger partial charge >= 0.3 is 12.1 Å². The van der Waals surface area contributed by atoms with E-state index in [-0.39, 0.29) is 22.1 Å². The second-order valence-corrected chi connectivity index (χ2v) is 6.56. The molecule has 0 aliphatic carbocycles. The number of benzene rings is 2. The average Bonchev–Trinajstić information content (AvgIpc) is 2.55. The monoisotopic (exact) mass is 448 g/mol. The van der Waals surface area contributed by atoms with Gasteiger partial charge in [-0.3, -0.25) is 0 Å². The molecule has 0 aromatic heterocycles. The summed E-state index contributed by atoms with van der Waals surface area (Å²) in [6, 6.07) is 9.33. The maximum atomic E-state index is 13.1. The number of para-hydroxylation sites is 1. The van der Waals surface area contributed by atoms with Crippen LogP contribution in [0, 0.1) is 0 Å². The zero-order valence-corrected chi connectivity index (χ0v) is 15.0. The zero-order chi connectivity index (χ0) is 19.1. The number of carboxylic acids is 1. The van der Waals surface area contributed by atoms with Gasteiger partial charge in [0.05, 0.1) is 15.1 Å². The molecule has 0 saturated carbocycles. The fraction of sp³-hybridized carbons (Fsp3) is 0.118. The number of rotatable bonds is 3. The topological polar surface area (TPSA) is 55.8 Å². The van der Waals surface area contributed by atoms with Crippen LogP contribution in [0.4, 0.5) is 13.2 Å². The summed E-state index contributed by atoms with van der Waals surface area (Å²) < 4.78 is 50.6. The summed E-state index contributed by atoms with van der Waals surface area (Å²) in [4.78, 5) is 11.1. The molecule has 1 atom stereocenters. The largest absolute Gasteiger partial charge is 0.478 e. The highest BCUT2D eigenvalue weighted by molar-refractivity contribution is 9.10. The van der Waals surface area contributed by atoms with E-state index >= 15 is 0 Å². The van der Waals surface area contributed by atoms with E-state index in [0.29, 0.717) is 10.2 Å². The Kier molecular flexibility index (Phi) is 4.90. The summed E-state index contributed by atoms with van der Waals surface area (Å²) in [6.45, 7) is 0. The van der Waals surface area contributed by atoms with Gasteiger partial charge in [0.25, 0.3) is 0 Å². The molecule has 0 radical (unpaired) electrons. The predicted octanol–water partition coefficient (Wildman–Crippen LogP) is 5.69. The van der Waals surface area contributed by atoms with Crippen LogP contribution in [-0.2, 0) is 4.79 Å². The lowest BCUT2D eigenvalue weighted by Gasteiger charge is -2.27. The summed E-state index contributed by atoms with van der Waals surface area (Å²) in [5.41, 5.74) is -0.798. The van der Waals surface area contributed by atoms with Gasteiger partial charge in [0.1, 0.15) is 17.2 Å². The van der Waals surface area contributed by atoms with Crippen molar-refractivity contribution in [3.63, 3.8) is 0 Å². The maximum Gasteiger partial charge on any atom is 0.430 e. The Morgan fingerprint density at radius 3 is 2.54 bits per heavy atom. The number of ether oxygens (including phenoxy) is 2. The van der Waals surface area contributed by atoms with E-state index in [1.165, 1.54) is 12.1 Å². The van der Waals surface area contributed by atoms with Gasteiger partial charge in [0.15, 0.2) is 0 Å². The Labute approximate surface area is 158 Å². The molecule has 0 saturated heterocycles. The van der Waals surface area contributed by atoms with E-state index in [9.17, 15) is 18.0 Å². The number of hydrogen-bond acceptors (Lipinski definition) is 3. The molecule has 1 aliphatic rings. The summed E-state index contributed by atoms with van der Waals surface area (Å²) in [5.74, 6) is -1.42. The Morgan fingerprint density at radius 2 is 1.92 bits per heavy atom. The molecule has 1 N–H and O–H groups in total. The van der Waals surface area contributed by atoms with Crippen LogP contribution in [-0.4, -0.2) is 23.4 Å². The molecule has 2 aromatic rings. The van der Waals surface area contributed by atoms with Gasteiger partial charge in [-0.2, -0.15) is 13.2 Å². The van der Waals surface area contributed by atoms with Gasteiger partial charge in [0.2, 0.25) is 6.10 Å². The van der Waals surface area contributed by atoms with Crippen molar-refractivity contribution in [2.45, 2.75) is 12.3 Å². The Bertz CT molecular complexity index is 911. The molecule has 136 valence electrons. The molecule has 1 heterocycles. The minimum Gasteiger partial charge on any atom is -0.478 e. The number of aliphatic carboxylic acids is 1. The lowest BCUT2D eigenvalue weighted by atomic mass is 10.0. The molecule has 9 heteroatoms. The number of halogens is 5. The van der Waals surface area contributed by atoms with Crippen LogP contribution in [0.5, 0.6) is 17.2 Å². The first-order chi connectivity index (χ1) is 12.2. The van der Waals surface area contributed by atoms with E-state index in [2.05, 4.69) is 15.9 Å². The van der Waals surface area contributed by atoms with Crippen LogP contribution in [0.3, 0.4) is 0 Å². The smallest absolute Gasteiger partial charge is 0.430 e. The Morgan fingerprint density at radius 1 is 1.23 bits per heavy atom. The van der Waals surface area contributed by atoms with Crippen LogP contribution < -0.4 is 9.47 Å². The minimum atomic E-state index is -4.88. The van der Waals surface area contributed by atoms with E-state index < -0.39 is 23.8 Å². The molecule has 26 heavy (non-hydrogen) atoms.